The molecule has 0 amide bonds. The third kappa shape index (κ3) is 4.76. The summed E-state index contributed by atoms with van der Waals surface area (Å²) < 4.78 is 28.9. The molecule has 4 nitrogen and oxygen atoms in total. The molecule has 0 heterocycles. The van der Waals surface area contributed by atoms with Crippen LogP contribution in [0.25, 0.3) is 0 Å². The van der Waals surface area contributed by atoms with Gasteiger partial charge >= 0.3 is 0 Å². The predicted octanol–water partition coefficient (Wildman–Crippen LogP) is 2.25. The Morgan fingerprint density at radius 2 is 1.78 bits per heavy atom. The largest absolute Gasteiger partial charge is 0.390 e. The average Bonchev–Trinajstić information content (AvgIpc) is 2.13. The average molecular weight is 272 g/mol. The Labute approximate surface area is 109 Å². The molecule has 0 spiro atoms. The molecule has 18 heavy (non-hydrogen) atoms. The van der Waals surface area contributed by atoms with E-state index in [1.807, 2.05) is 6.92 Å². The highest BCUT2D eigenvalue weighted by Gasteiger charge is 2.24. The molecule has 102 valence electrons. The summed E-state index contributed by atoms with van der Waals surface area (Å²) in [5.41, 5.74) is 0.0286. The molecule has 1 aromatic rings. The maximum atomic E-state index is 11.9. The summed E-state index contributed by atoms with van der Waals surface area (Å²) in [5.74, 6) is 0. The molecular formula is C13H20O4S. The number of benzene rings is 1. The van der Waals surface area contributed by atoms with Crippen molar-refractivity contribution in [3.05, 3.63) is 29.8 Å². The molecule has 0 bridgehead atoms. The van der Waals surface area contributed by atoms with Gasteiger partial charge in [0.05, 0.1) is 16.6 Å². The molecule has 0 saturated heterocycles. The molecule has 0 aliphatic rings. The molecule has 1 rings (SSSR count). The molecule has 0 aliphatic carbocycles. The molecule has 1 aromatic carbocycles. The quantitative estimate of drug-likeness (QED) is 0.835. The van der Waals surface area contributed by atoms with Gasteiger partial charge in [-0.1, -0.05) is 17.7 Å². The van der Waals surface area contributed by atoms with Crippen LogP contribution in [-0.2, 0) is 14.3 Å². The number of aryl methyl sites for hydroxylation is 1. The van der Waals surface area contributed by atoms with Crippen molar-refractivity contribution < 1.29 is 17.7 Å². The minimum Gasteiger partial charge on any atom is -0.390 e. The Hall–Kier alpha value is -0.910. The van der Waals surface area contributed by atoms with Gasteiger partial charge in [0.2, 0.25) is 0 Å². The monoisotopic (exact) mass is 272 g/mol. The van der Waals surface area contributed by atoms with Crippen LogP contribution >= 0.6 is 0 Å². The summed E-state index contributed by atoms with van der Waals surface area (Å²) in [7, 11) is -3.76. The molecule has 0 aliphatic heterocycles. The highest BCUT2D eigenvalue weighted by Crippen LogP contribution is 2.19. The molecule has 0 saturated carbocycles. The van der Waals surface area contributed by atoms with Crippen molar-refractivity contribution >= 4 is 10.1 Å². The fourth-order valence-corrected chi connectivity index (χ4v) is 2.80. The first-order valence-corrected chi connectivity index (χ1v) is 7.23. The zero-order valence-electron chi connectivity index (χ0n) is 11.2. The minimum absolute atomic E-state index is 0.135. The molecular weight excluding hydrogens is 252 g/mol. The maximum absolute atomic E-state index is 11.9. The van der Waals surface area contributed by atoms with Crippen molar-refractivity contribution in [1.29, 1.82) is 0 Å². The second-order valence-corrected chi connectivity index (χ2v) is 6.76. The summed E-state index contributed by atoms with van der Waals surface area (Å²) >= 11 is 0. The van der Waals surface area contributed by atoms with Crippen LogP contribution in [0.15, 0.2) is 29.2 Å². The molecule has 1 unspecified atom stereocenters. The lowest BCUT2D eigenvalue weighted by Crippen LogP contribution is -2.27. The molecule has 1 atom stereocenters. The van der Waals surface area contributed by atoms with E-state index in [0.29, 0.717) is 0 Å². The normalized spacial score (nSPS) is 14.5. The second kappa shape index (κ2) is 5.38. The van der Waals surface area contributed by atoms with Crippen LogP contribution < -0.4 is 0 Å². The van der Waals surface area contributed by atoms with E-state index in [-0.39, 0.29) is 11.3 Å². The van der Waals surface area contributed by atoms with Crippen LogP contribution in [-0.4, -0.2) is 25.2 Å². The van der Waals surface area contributed by atoms with Crippen molar-refractivity contribution in [2.45, 2.75) is 50.7 Å². The van der Waals surface area contributed by atoms with Crippen molar-refractivity contribution in [3.8, 4) is 0 Å². The summed E-state index contributed by atoms with van der Waals surface area (Å²) in [5, 5.41) is 9.62. The van der Waals surface area contributed by atoms with Crippen LogP contribution in [0.4, 0.5) is 0 Å². The second-order valence-electron chi connectivity index (χ2n) is 5.19. The van der Waals surface area contributed by atoms with E-state index in [0.717, 1.165) is 5.56 Å². The zero-order chi connectivity index (χ0) is 14.0. The lowest BCUT2D eigenvalue weighted by molar-refractivity contribution is 0.0343. The first kappa shape index (κ1) is 15.1. The predicted molar refractivity (Wildman–Crippen MR) is 69.8 cm³/mol. The van der Waals surface area contributed by atoms with Crippen LogP contribution in [0.2, 0.25) is 0 Å². The molecule has 1 N–H and O–H groups in total. The fourth-order valence-electron chi connectivity index (χ4n) is 1.71. The van der Waals surface area contributed by atoms with E-state index in [4.69, 9.17) is 4.18 Å². The van der Waals surface area contributed by atoms with E-state index < -0.39 is 21.8 Å². The smallest absolute Gasteiger partial charge is 0.297 e. The van der Waals surface area contributed by atoms with Gasteiger partial charge in [0.1, 0.15) is 0 Å². The summed E-state index contributed by atoms with van der Waals surface area (Å²) in [6.45, 7) is 6.74. The van der Waals surface area contributed by atoms with E-state index in [9.17, 15) is 13.5 Å². The van der Waals surface area contributed by atoms with Crippen molar-refractivity contribution in [1.82, 2.24) is 0 Å². The SMILES string of the molecule is Cc1ccc(S(=O)(=O)OC(C)CC(C)(C)O)cc1. The Kier molecular flexibility index (Phi) is 4.53. The Balaban J connectivity index is 2.79. The number of hydrogen-bond donors (Lipinski definition) is 1. The van der Waals surface area contributed by atoms with E-state index in [1.165, 1.54) is 12.1 Å². The van der Waals surface area contributed by atoms with Gasteiger partial charge in [0.15, 0.2) is 0 Å². The lowest BCUT2D eigenvalue weighted by Gasteiger charge is -2.21. The zero-order valence-corrected chi connectivity index (χ0v) is 12.0. The van der Waals surface area contributed by atoms with Gasteiger partial charge in [0, 0.05) is 6.42 Å². The van der Waals surface area contributed by atoms with Gasteiger partial charge in [-0.2, -0.15) is 8.42 Å². The van der Waals surface area contributed by atoms with Crippen LogP contribution in [0.5, 0.6) is 0 Å². The van der Waals surface area contributed by atoms with E-state index in [1.54, 1.807) is 32.9 Å². The highest BCUT2D eigenvalue weighted by molar-refractivity contribution is 7.86. The summed E-state index contributed by atoms with van der Waals surface area (Å²) in [6.07, 6.45) is -0.325. The van der Waals surface area contributed by atoms with E-state index >= 15 is 0 Å². The van der Waals surface area contributed by atoms with Gasteiger partial charge in [-0.3, -0.25) is 4.18 Å². The van der Waals surface area contributed by atoms with Gasteiger partial charge in [-0.05, 0) is 39.8 Å². The van der Waals surface area contributed by atoms with Crippen LogP contribution in [0.3, 0.4) is 0 Å². The highest BCUT2D eigenvalue weighted by atomic mass is 32.2. The summed E-state index contributed by atoms with van der Waals surface area (Å²) in [6, 6.07) is 6.47. The third-order valence-corrected chi connectivity index (χ3v) is 3.82. The minimum atomic E-state index is -3.76. The van der Waals surface area contributed by atoms with Gasteiger partial charge < -0.3 is 5.11 Å². The van der Waals surface area contributed by atoms with Crippen molar-refractivity contribution in [2.75, 3.05) is 0 Å². The Morgan fingerprint density at radius 1 is 1.28 bits per heavy atom. The first-order chi connectivity index (χ1) is 8.10. The summed E-state index contributed by atoms with van der Waals surface area (Å²) in [4.78, 5) is 0.135. The maximum Gasteiger partial charge on any atom is 0.297 e. The third-order valence-electron chi connectivity index (χ3n) is 2.39. The number of rotatable bonds is 5. The molecule has 5 heteroatoms. The standard InChI is InChI=1S/C13H20O4S/c1-10-5-7-12(8-6-10)18(15,16)17-11(2)9-13(3,4)14/h5-8,11,14H,9H2,1-4H3. The van der Waals surface area contributed by atoms with Gasteiger partial charge in [-0.25, -0.2) is 0 Å². The van der Waals surface area contributed by atoms with Gasteiger partial charge in [-0.15, -0.1) is 0 Å². The molecule has 0 aromatic heterocycles. The van der Waals surface area contributed by atoms with Crippen LogP contribution in [0.1, 0.15) is 32.8 Å². The Morgan fingerprint density at radius 3 is 2.22 bits per heavy atom. The topological polar surface area (TPSA) is 63.6 Å². The van der Waals surface area contributed by atoms with Crippen molar-refractivity contribution in [3.63, 3.8) is 0 Å². The number of aliphatic hydroxyl groups is 1. The van der Waals surface area contributed by atoms with Crippen LogP contribution in [0, 0.1) is 6.92 Å². The van der Waals surface area contributed by atoms with E-state index in [2.05, 4.69) is 0 Å². The molecule has 0 fully saturated rings. The fraction of sp³-hybridized carbons (Fsp3) is 0.538. The van der Waals surface area contributed by atoms with Crippen molar-refractivity contribution in [2.24, 2.45) is 0 Å². The molecule has 0 radical (unpaired) electrons. The Bertz CT molecular complexity index is 483. The number of hydrogen-bond acceptors (Lipinski definition) is 4. The lowest BCUT2D eigenvalue weighted by atomic mass is 10.0. The first-order valence-electron chi connectivity index (χ1n) is 5.82. The van der Waals surface area contributed by atoms with Gasteiger partial charge in [0.25, 0.3) is 10.1 Å².